The number of rotatable bonds is 4. The largest absolute Gasteiger partial charge is 0.344 e. The summed E-state index contributed by atoms with van der Waals surface area (Å²) in [5.74, 6) is -0.313. The standard InChI is InChI=1S/C16H16N2O3/c1-11-6-4-5-7-15(11)17(3)13-8-9-14(12(2)19)16(10-13)18(20)21/h4-10H,1-3H3. The van der Waals surface area contributed by atoms with Crippen molar-refractivity contribution >= 4 is 22.8 Å². The van der Waals surface area contributed by atoms with E-state index in [2.05, 4.69) is 0 Å². The second kappa shape index (κ2) is 5.75. The molecule has 0 radical (unpaired) electrons. The Kier molecular flexibility index (Phi) is 4.03. The van der Waals surface area contributed by atoms with Gasteiger partial charge in [-0.25, -0.2) is 0 Å². The number of hydrogen-bond acceptors (Lipinski definition) is 4. The van der Waals surface area contributed by atoms with E-state index < -0.39 is 4.92 Å². The van der Waals surface area contributed by atoms with Crippen molar-refractivity contribution in [1.29, 1.82) is 0 Å². The van der Waals surface area contributed by atoms with Crippen LogP contribution in [-0.4, -0.2) is 17.8 Å². The molecular weight excluding hydrogens is 268 g/mol. The fourth-order valence-corrected chi connectivity index (χ4v) is 2.26. The van der Waals surface area contributed by atoms with Crippen molar-refractivity contribution < 1.29 is 9.72 Å². The Balaban J connectivity index is 2.50. The molecule has 21 heavy (non-hydrogen) atoms. The van der Waals surface area contributed by atoms with Crippen LogP contribution in [0.15, 0.2) is 42.5 Å². The second-order valence-corrected chi connectivity index (χ2v) is 4.86. The van der Waals surface area contributed by atoms with Crippen LogP contribution in [0.2, 0.25) is 0 Å². The smallest absolute Gasteiger partial charge is 0.282 e. The average Bonchev–Trinajstić information content (AvgIpc) is 2.46. The summed E-state index contributed by atoms with van der Waals surface area (Å²) >= 11 is 0. The van der Waals surface area contributed by atoms with E-state index in [4.69, 9.17) is 0 Å². The lowest BCUT2D eigenvalue weighted by Gasteiger charge is -2.21. The molecule has 2 aromatic rings. The molecule has 5 heteroatoms. The number of anilines is 2. The van der Waals surface area contributed by atoms with Gasteiger partial charge in [0.05, 0.1) is 10.5 Å². The summed E-state index contributed by atoms with van der Waals surface area (Å²) in [6, 6.07) is 12.4. The number of aryl methyl sites for hydroxylation is 1. The first kappa shape index (κ1) is 14.7. The van der Waals surface area contributed by atoms with Gasteiger partial charge in [0.15, 0.2) is 5.78 Å². The lowest BCUT2D eigenvalue weighted by atomic mass is 10.1. The van der Waals surface area contributed by atoms with Gasteiger partial charge >= 0.3 is 0 Å². The van der Waals surface area contributed by atoms with Gasteiger partial charge in [0, 0.05) is 24.5 Å². The zero-order valence-corrected chi connectivity index (χ0v) is 12.2. The number of ketones is 1. The molecule has 0 fully saturated rings. The minimum atomic E-state index is -0.522. The minimum absolute atomic E-state index is 0.127. The molecule has 0 N–H and O–H groups in total. The Morgan fingerprint density at radius 1 is 1.19 bits per heavy atom. The molecule has 0 atom stereocenters. The van der Waals surface area contributed by atoms with Crippen LogP contribution in [-0.2, 0) is 0 Å². The van der Waals surface area contributed by atoms with Crippen molar-refractivity contribution in [1.82, 2.24) is 0 Å². The maximum absolute atomic E-state index is 11.5. The van der Waals surface area contributed by atoms with E-state index in [0.29, 0.717) is 5.69 Å². The summed E-state index contributed by atoms with van der Waals surface area (Å²) < 4.78 is 0. The molecule has 0 saturated heterocycles. The Morgan fingerprint density at radius 3 is 2.43 bits per heavy atom. The highest BCUT2D eigenvalue weighted by atomic mass is 16.6. The molecule has 2 aromatic carbocycles. The highest BCUT2D eigenvalue weighted by Crippen LogP contribution is 2.31. The van der Waals surface area contributed by atoms with Crippen molar-refractivity contribution in [3.05, 3.63) is 63.7 Å². The van der Waals surface area contributed by atoms with Crippen molar-refractivity contribution in [2.45, 2.75) is 13.8 Å². The molecule has 0 saturated carbocycles. The molecule has 0 unspecified atom stereocenters. The number of hydrogen-bond donors (Lipinski definition) is 0. The van der Waals surface area contributed by atoms with E-state index >= 15 is 0 Å². The van der Waals surface area contributed by atoms with Gasteiger partial charge in [0.25, 0.3) is 5.69 Å². The zero-order chi connectivity index (χ0) is 15.6. The molecule has 0 aliphatic rings. The Labute approximate surface area is 123 Å². The van der Waals surface area contributed by atoms with Crippen LogP contribution in [0.5, 0.6) is 0 Å². The quantitative estimate of drug-likeness (QED) is 0.485. The number of carbonyl (C=O) groups excluding carboxylic acids is 1. The van der Waals surface area contributed by atoms with E-state index in [1.807, 2.05) is 43.1 Å². The van der Waals surface area contributed by atoms with Crippen molar-refractivity contribution in [2.24, 2.45) is 0 Å². The summed E-state index contributed by atoms with van der Waals surface area (Å²) in [5.41, 5.74) is 2.66. The van der Waals surface area contributed by atoms with Gasteiger partial charge in [-0.15, -0.1) is 0 Å². The van der Waals surface area contributed by atoms with Gasteiger partial charge in [-0.05, 0) is 37.6 Å². The first-order chi connectivity index (χ1) is 9.91. The molecule has 2 rings (SSSR count). The number of Topliss-reactive ketones (excluding diaryl/α,β-unsaturated/α-hetero) is 1. The molecule has 0 aromatic heterocycles. The summed E-state index contributed by atoms with van der Waals surface area (Å²) in [7, 11) is 1.84. The number of nitro benzene ring substituents is 1. The molecule has 0 amide bonds. The molecule has 5 nitrogen and oxygen atoms in total. The van der Waals surface area contributed by atoms with Crippen LogP contribution in [0, 0.1) is 17.0 Å². The van der Waals surface area contributed by atoms with Crippen molar-refractivity contribution in [2.75, 3.05) is 11.9 Å². The van der Waals surface area contributed by atoms with Crippen LogP contribution in [0.3, 0.4) is 0 Å². The van der Waals surface area contributed by atoms with Gasteiger partial charge in [-0.2, -0.15) is 0 Å². The summed E-state index contributed by atoms with van der Waals surface area (Å²) in [4.78, 5) is 23.9. The van der Waals surface area contributed by atoms with E-state index in [9.17, 15) is 14.9 Å². The maximum atomic E-state index is 11.5. The van der Waals surface area contributed by atoms with Crippen LogP contribution < -0.4 is 4.90 Å². The van der Waals surface area contributed by atoms with E-state index in [0.717, 1.165) is 11.3 Å². The lowest BCUT2D eigenvalue weighted by Crippen LogP contribution is -2.12. The Morgan fingerprint density at radius 2 is 1.86 bits per heavy atom. The minimum Gasteiger partial charge on any atom is -0.344 e. The molecule has 0 bridgehead atoms. The first-order valence-electron chi connectivity index (χ1n) is 6.50. The first-order valence-corrected chi connectivity index (χ1v) is 6.50. The number of para-hydroxylation sites is 1. The van der Waals surface area contributed by atoms with Gasteiger partial charge in [-0.3, -0.25) is 14.9 Å². The number of nitrogens with zero attached hydrogens (tertiary/aromatic N) is 2. The third-order valence-electron chi connectivity index (χ3n) is 3.42. The Bertz CT molecular complexity index is 710. The highest BCUT2D eigenvalue weighted by Gasteiger charge is 2.19. The third kappa shape index (κ3) is 2.91. The number of carbonyl (C=O) groups is 1. The van der Waals surface area contributed by atoms with E-state index in [-0.39, 0.29) is 17.0 Å². The van der Waals surface area contributed by atoms with Gasteiger partial charge in [-0.1, -0.05) is 18.2 Å². The van der Waals surface area contributed by atoms with E-state index in [1.54, 1.807) is 6.07 Å². The normalized spacial score (nSPS) is 10.2. The SMILES string of the molecule is CC(=O)c1ccc(N(C)c2ccccc2C)cc1[N+](=O)[O-]. The predicted octanol–water partition coefficient (Wildman–Crippen LogP) is 3.87. The highest BCUT2D eigenvalue weighted by molar-refractivity contribution is 5.98. The molecule has 0 spiro atoms. The predicted molar refractivity (Wildman–Crippen MR) is 82.3 cm³/mol. The fraction of sp³-hybridized carbons (Fsp3) is 0.188. The fourth-order valence-electron chi connectivity index (χ4n) is 2.26. The summed E-state index contributed by atoms with van der Waals surface area (Å²) in [6.07, 6.45) is 0. The van der Waals surface area contributed by atoms with Crippen LogP contribution in [0.25, 0.3) is 0 Å². The van der Waals surface area contributed by atoms with Gasteiger partial charge < -0.3 is 4.90 Å². The van der Waals surface area contributed by atoms with Gasteiger partial charge in [0.1, 0.15) is 0 Å². The number of nitro groups is 1. The summed E-state index contributed by atoms with van der Waals surface area (Å²) in [6.45, 7) is 3.30. The third-order valence-corrected chi connectivity index (χ3v) is 3.42. The molecule has 108 valence electrons. The van der Waals surface area contributed by atoms with Crippen LogP contribution in [0.4, 0.5) is 17.1 Å². The average molecular weight is 284 g/mol. The lowest BCUT2D eigenvalue weighted by molar-refractivity contribution is -0.385. The molecule has 0 aliphatic carbocycles. The monoisotopic (exact) mass is 284 g/mol. The second-order valence-electron chi connectivity index (χ2n) is 4.86. The van der Waals surface area contributed by atoms with Crippen molar-refractivity contribution in [3.63, 3.8) is 0 Å². The topological polar surface area (TPSA) is 63.5 Å². The number of benzene rings is 2. The van der Waals surface area contributed by atoms with Gasteiger partial charge in [0.2, 0.25) is 0 Å². The zero-order valence-electron chi connectivity index (χ0n) is 12.2. The van der Waals surface area contributed by atoms with Crippen molar-refractivity contribution in [3.8, 4) is 0 Å². The maximum Gasteiger partial charge on any atom is 0.282 e. The molecule has 0 aliphatic heterocycles. The molecular formula is C16H16N2O3. The molecule has 0 heterocycles. The van der Waals surface area contributed by atoms with Crippen LogP contribution in [0.1, 0.15) is 22.8 Å². The van der Waals surface area contributed by atoms with E-state index in [1.165, 1.54) is 19.1 Å². The summed E-state index contributed by atoms with van der Waals surface area (Å²) in [5, 5.41) is 11.1. The Hall–Kier alpha value is -2.69. The van der Waals surface area contributed by atoms with Crippen LogP contribution >= 0.6 is 0 Å².